The summed E-state index contributed by atoms with van der Waals surface area (Å²) in [4.78, 5) is 16.9. The molecule has 1 aliphatic heterocycles. The van der Waals surface area contributed by atoms with Gasteiger partial charge in [0, 0.05) is 16.1 Å². The molecule has 2 aromatic carbocycles. The molecule has 2 aromatic rings. The maximum absolute atomic E-state index is 12.2. The topological polar surface area (TPSA) is 41.5 Å². The van der Waals surface area contributed by atoms with Crippen molar-refractivity contribution in [1.29, 1.82) is 0 Å². The van der Waals surface area contributed by atoms with E-state index in [0.717, 1.165) is 22.5 Å². The summed E-state index contributed by atoms with van der Waals surface area (Å²) in [6.45, 7) is 1.96. The van der Waals surface area contributed by atoms with Crippen molar-refractivity contribution < 1.29 is 4.79 Å². The highest BCUT2D eigenvalue weighted by Crippen LogP contribution is 2.27. The number of aliphatic imine (C=N–C) groups is 1. The number of nitrogens with one attached hydrogen (secondary N) is 1. The van der Waals surface area contributed by atoms with Gasteiger partial charge in [-0.25, -0.2) is 0 Å². The van der Waals surface area contributed by atoms with Gasteiger partial charge in [0.15, 0.2) is 0 Å². The van der Waals surface area contributed by atoms with Crippen LogP contribution in [-0.2, 0) is 4.79 Å². The number of hydrogen-bond donors (Lipinski definition) is 1. The van der Waals surface area contributed by atoms with Crippen molar-refractivity contribution in [2.45, 2.75) is 19.4 Å². The number of nitrogens with zero attached hydrogens (tertiary/aromatic N) is 1. The summed E-state index contributed by atoms with van der Waals surface area (Å²) in [5, 5.41) is 3.56. The zero-order valence-corrected chi connectivity index (χ0v) is 12.4. The molecule has 106 valence electrons. The smallest absolute Gasteiger partial charge is 0.249 e. The molecule has 0 fully saturated rings. The van der Waals surface area contributed by atoms with E-state index in [0.29, 0.717) is 11.4 Å². The number of benzene rings is 2. The first-order valence-electron chi connectivity index (χ1n) is 6.93. The Morgan fingerprint density at radius 3 is 2.67 bits per heavy atom. The van der Waals surface area contributed by atoms with Gasteiger partial charge in [-0.3, -0.25) is 9.79 Å². The Balaban J connectivity index is 2.22. The zero-order valence-electron chi connectivity index (χ0n) is 11.6. The summed E-state index contributed by atoms with van der Waals surface area (Å²) < 4.78 is 0. The molecule has 0 spiro atoms. The Hall–Kier alpha value is -2.13. The molecule has 1 heterocycles. The number of fused-ring (bicyclic) bond motifs is 1. The number of hydrogen-bond acceptors (Lipinski definition) is 2. The minimum absolute atomic E-state index is 0.0768. The number of rotatable bonds is 2. The van der Waals surface area contributed by atoms with E-state index >= 15 is 0 Å². The normalized spacial score (nSPS) is 17.5. The fourth-order valence-electron chi connectivity index (χ4n) is 2.42. The average Bonchev–Trinajstić information content (AvgIpc) is 2.64. The molecule has 0 radical (unpaired) electrons. The Labute approximate surface area is 128 Å². The van der Waals surface area contributed by atoms with Crippen molar-refractivity contribution in [2.24, 2.45) is 4.99 Å². The molecule has 1 amide bonds. The second-order valence-corrected chi connectivity index (χ2v) is 5.38. The third-order valence-corrected chi connectivity index (χ3v) is 3.75. The first-order chi connectivity index (χ1) is 10.2. The van der Waals surface area contributed by atoms with Crippen LogP contribution in [0, 0.1) is 0 Å². The van der Waals surface area contributed by atoms with Crippen molar-refractivity contribution in [3.63, 3.8) is 0 Å². The second kappa shape index (κ2) is 5.70. The maximum atomic E-state index is 12.2. The molecule has 1 aliphatic rings. The van der Waals surface area contributed by atoms with E-state index in [2.05, 4.69) is 10.3 Å². The van der Waals surface area contributed by atoms with Crippen molar-refractivity contribution in [1.82, 2.24) is 0 Å². The summed E-state index contributed by atoms with van der Waals surface area (Å²) in [5.41, 5.74) is 3.40. The standard InChI is InChI=1S/C17H15ClN2O/c1-2-14-17(21)20-15-9-8-12(18)10-13(15)16(19-14)11-6-4-3-5-7-11/h3-10,14H,2H2,1H3,(H,20,21)/t14-/m0/s1. The van der Waals surface area contributed by atoms with Gasteiger partial charge in [0.1, 0.15) is 6.04 Å². The molecule has 0 saturated heterocycles. The summed E-state index contributed by atoms with van der Waals surface area (Å²) in [7, 11) is 0. The predicted molar refractivity (Wildman–Crippen MR) is 86.2 cm³/mol. The van der Waals surface area contributed by atoms with Crippen LogP contribution in [0.4, 0.5) is 5.69 Å². The van der Waals surface area contributed by atoms with E-state index in [-0.39, 0.29) is 11.9 Å². The highest BCUT2D eigenvalue weighted by Gasteiger charge is 2.24. The fraction of sp³-hybridized carbons (Fsp3) is 0.176. The number of carbonyl (C=O) groups excluding carboxylic acids is 1. The minimum Gasteiger partial charge on any atom is -0.324 e. The Bertz CT molecular complexity index is 710. The minimum atomic E-state index is -0.383. The van der Waals surface area contributed by atoms with Gasteiger partial charge in [0.05, 0.1) is 11.4 Å². The van der Waals surface area contributed by atoms with Crippen LogP contribution in [0.3, 0.4) is 0 Å². The van der Waals surface area contributed by atoms with Crippen molar-refractivity contribution in [2.75, 3.05) is 5.32 Å². The van der Waals surface area contributed by atoms with Crippen LogP contribution in [-0.4, -0.2) is 17.7 Å². The van der Waals surface area contributed by atoms with Gasteiger partial charge in [-0.15, -0.1) is 0 Å². The maximum Gasteiger partial charge on any atom is 0.249 e. The Morgan fingerprint density at radius 2 is 1.95 bits per heavy atom. The molecule has 1 N–H and O–H groups in total. The molecular formula is C17H15ClN2O. The summed E-state index contributed by atoms with van der Waals surface area (Å²) in [5.74, 6) is -0.0768. The third kappa shape index (κ3) is 2.69. The molecule has 0 bridgehead atoms. The molecular weight excluding hydrogens is 284 g/mol. The molecule has 3 rings (SSSR count). The van der Waals surface area contributed by atoms with Crippen LogP contribution >= 0.6 is 11.6 Å². The van der Waals surface area contributed by atoms with Gasteiger partial charge < -0.3 is 5.32 Å². The number of anilines is 1. The molecule has 0 aromatic heterocycles. The number of carbonyl (C=O) groups is 1. The molecule has 0 aliphatic carbocycles. The molecule has 0 saturated carbocycles. The van der Waals surface area contributed by atoms with Gasteiger partial charge in [-0.05, 0) is 24.6 Å². The lowest BCUT2D eigenvalue weighted by molar-refractivity contribution is -0.117. The molecule has 21 heavy (non-hydrogen) atoms. The number of benzodiazepines with no additional fused rings is 1. The number of amides is 1. The van der Waals surface area contributed by atoms with E-state index in [9.17, 15) is 4.79 Å². The molecule has 1 atom stereocenters. The average molecular weight is 299 g/mol. The highest BCUT2D eigenvalue weighted by atomic mass is 35.5. The van der Waals surface area contributed by atoms with Crippen molar-refractivity contribution in [3.8, 4) is 0 Å². The zero-order chi connectivity index (χ0) is 14.8. The van der Waals surface area contributed by atoms with Crippen LogP contribution in [0.15, 0.2) is 53.5 Å². The lowest BCUT2D eigenvalue weighted by Gasteiger charge is -2.10. The van der Waals surface area contributed by atoms with Crippen LogP contribution < -0.4 is 5.32 Å². The van der Waals surface area contributed by atoms with Gasteiger partial charge in [-0.2, -0.15) is 0 Å². The molecule has 3 nitrogen and oxygen atoms in total. The lowest BCUT2D eigenvalue weighted by Crippen LogP contribution is -2.24. The second-order valence-electron chi connectivity index (χ2n) is 4.95. The van der Waals surface area contributed by atoms with Crippen molar-refractivity contribution >= 4 is 28.9 Å². The SMILES string of the molecule is CC[C@@H]1N=C(c2ccccc2)c2cc(Cl)ccc2NC1=O. The summed E-state index contributed by atoms with van der Waals surface area (Å²) in [6.07, 6.45) is 0.657. The van der Waals surface area contributed by atoms with Crippen LogP contribution in [0.1, 0.15) is 24.5 Å². The highest BCUT2D eigenvalue weighted by molar-refractivity contribution is 6.32. The van der Waals surface area contributed by atoms with Gasteiger partial charge in [0.25, 0.3) is 0 Å². The number of halogens is 1. The molecule has 0 unspecified atom stereocenters. The third-order valence-electron chi connectivity index (χ3n) is 3.52. The van der Waals surface area contributed by atoms with E-state index in [1.807, 2.05) is 49.4 Å². The van der Waals surface area contributed by atoms with Crippen molar-refractivity contribution in [3.05, 3.63) is 64.7 Å². The summed E-state index contributed by atoms with van der Waals surface area (Å²) >= 11 is 6.12. The fourth-order valence-corrected chi connectivity index (χ4v) is 2.60. The molecule has 4 heteroatoms. The first-order valence-corrected chi connectivity index (χ1v) is 7.31. The van der Waals surface area contributed by atoms with Crippen LogP contribution in [0.25, 0.3) is 0 Å². The largest absolute Gasteiger partial charge is 0.324 e. The van der Waals surface area contributed by atoms with E-state index < -0.39 is 0 Å². The van der Waals surface area contributed by atoms with Gasteiger partial charge in [0.2, 0.25) is 5.91 Å². The Kier molecular flexibility index (Phi) is 3.76. The van der Waals surface area contributed by atoms with Crippen LogP contribution in [0.5, 0.6) is 0 Å². The van der Waals surface area contributed by atoms with Crippen LogP contribution in [0.2, 0.25) is 5.02 Å². The van der Waals surface area contributed by atoms with E-state index in [1.54, 1.807) is 6.07 Å². The first kappa shape index (κ1) is 13.8. The quantitative estimate of drug-likeness (QED) is 0.897. The van der Waals surface area contributed by atoms with Gasteiger partial charge in [-0.1, -0.05) is 48.9 Å². The van der Waals surface area contributed by atoms with E-state index in [4.69, 9.17) is 11.6 Å². The Morgan fingerprint density at radius 1 is 1.19 bits per heavy atom. The van der Waals surface area contributed by atoms with Gasteiger partial charge >= 0.3 is 0 Å². The summed E-state index contributed by atoms with van der Waals surface area (Å²) in [6, 6.07) is 14.9. The van der Waals surface area contributed by atoms with E-state index in [1.165, 1.54) is 0 Å². The lowest BCUT2D eigenvalue weighted by atomic mass is 10.0. The monoisotopic (exact) mass is 298 g/mol. The predicted octanol–water partition coefficient (Wildman–Crippen LogP) is 3.91.